The van der Waals surface area contributed by atoms with E-state index in [1.807, 2.05) is 69.5 Å². The molecule has 0 atom stereocenters. The summed E-state index contributed by atoms with van der Waals surface area (Å²) < 4.78 is 0. The number of anilines is 1. The third-order valence-corrected chi connectivity index (χ3v) is 7.08. The van der Waals surface area contributed by atoms with E-state index >= 15 is 0 Å². The molecule has 0 bridgehead atoms. The third-order valence-electron chi connectivity index (χ3n) is 6.32. The molecule has 2 aromatic heterocycles. The van der Waals surface area contributed by atoms with E-state index in [1.54, 1.807) is 18.2 Å². The van der Waals surface area contributed by atoms with Crippen LogP contribution < -0.4 is 16.0 Å². The molecule has 0 radical (unpaired) electrons. The van der Waals surface area contributed by atoms with Crippen molar-refractivity contribution in [3.05, 3.63) is 88.6 Å². The fraction of sp³-hybridized carbons (Fsp3) is 0.233. The third kappa shape index (κ3) is 7.29. The first-order chi connectivity index (χ1) is 19.0. The molecular formula is C30H31N5O4S. The first-order valence-corrected chi connectivity index (χ1v) is 13.6. The number of benzene rings is 2. The van der Waals surface area contributed by atoms with E-state index in [0.717, 1.165) is 39.3 Å². The highest BCUT2D eigenvalue weighted by molar-refractivity contribution is 7.14. The summed E-state index contributed by atoms with van der Waals surface area (Å²) in [6.45, 7) is 7.68. The van der Waals surface area contributed by atoms with Crippen LogP contribution in [0.2, 0.25) is 0 Å². The number of hydrogen-bond donors (Lipinski definition) is 4. The van der Waals surface area contributed by atoms with Crippen molar-refractivity contribution in [3.8, 4) is 22.4 Å². The van der Waals surface area contributed by atoms with Crippen molar-refractivity contribution in [2.45, 2.75) is 33.1 Å². The number of nitrogens with one attached hydrogen (secondary N) is 3. The van der Waals surface area contributed by atoms with E-state index in [9.17, 15) is 14.4 Å². The molecule has 0 saturated heterocycles. The molecule has 40 heavy (non-hydrogen) atoms. The lowest BCUT2D eigenvalue weighted by Crippen LogP contribution is -2.36. The second-order valence-electron chi connectivity index (χ2n) is 10.1. The Balaban J connectivity index is 1.36. The molecule has 0 spiro atoms. The Labute approximate surface area is 236 Å². The molecule has 10 heteroatoms. The number of aromatic nitrogens is 2. The Bertz CT molecular complexity index is 1540. The van der Waals surface area contributed by atoms with E-state index < -0.39 is 23.3 Å². The van der Waals surface area contributed by atoms with Crippen LogP contribution in [0.4, 0.5) is 9.93 Å². The summed E-state index contributed by atoms with van der Waals surface area (Å²) >= 11 is 1.31. The minimum atomic E-state index is -1.11. The predicted molar refractivity (Wildman–Crippen MR) is 157 cm³/mol. The number of carboxylic acid groups (broad SMARTS) is 1. The number of amides is 3. The lowest BCUT2D eigenvalue weighted by Gasteiger charge is -2.25. The number of carbonyl (C=O) groups excluding carboxylic acids is 2. The van der Waals surface area contributed by atoms with Crippen LogP contribution in [0.3, 0.4) is 0 Å². The maximum Gasteiger partial charge on any atom is 0.404 e. The number of thiazole rings is 1. The lowest BCUT2D eigenvalue weighted by atomic mass is 9.84. The van der Waals surface area contributed by atoms with E-state index in [0.29, 0.717) is 10.7 Å². The van der Waals surface area contributed by atoms with Crippen molar-refractivity contribution in [1.82, 2.24) is 20.6 Å². The summed E-state index contributed by atoms with van der Waals surface area (Å²) in [6, 6.07) is 19.0. The van der Waals surface area contributed by atoms with Crippen LogP contribution in [0, 0.1) is 13.8 Å². The highest BCUT2D eigenvalue weighted by Gasteiger charge is 2.22. The van der Waals surface area contributed by atoms with E-state index in [4.69, 9.17) is 5.11 Å². The van der Waals surface area contributed by atoms with Crippen LogP contribution in [0.25, 0.3) is 22.4 Å². The minimum absolute atomic E-state index is 0.193. The van der Waals surface area contributed by atoms with Crippen molar-refractivity contribution in [2.24, 2.45) is 0 Å². The second kappa shape index (κ2) is 12.1. The lowest BCUT2D eigenvalue weighted by molar-refractivity contribution is -0.115. The van der Waals surface area contributed by atoms with Gasteiger partial charge >= 0.3 is 6.09 Å². The maximum absolute atomic E-state index is 12.7. The number of hydrogen-bond acceptors (Lipinski definition) is 6. The Morgan fingerprint density at radius 2 is 1.57 bits per heavy atom. The smallest absolute Gasteiger partial charge is 0.404 e. The molecule has 3 amide bonds. The van der Waals surface area contributed by atoms with Gasteiger partial charge in [0.25, 0.3) is 5.91 Å². The fourth-order valence-corrected chi connectivity index (χ4v) is 4.96. The number of carbonyl (C=O) groups is 3. The SMILES string of the molecule is Cc1cc(-c2cccc(-c3csc(NC(=O)CNC(=O)c4cccc(C(C)(C)CNC(=O)O)c4)n3)c2)cc(C)n1. The molecule has 0 aliphatic heterocycles. The molecule has 2 heterocycles. The van der Waals surface area contributed by atoms with Gasteiger partial charge in [-0.3, -0.25) is 14.6 Å². The van der Waals surface area contributed by atoms with Crippen molar-refractivity contribution in [2.75, 3.05) is 18.4 Å². The molecule has 2 aromatic carbocycles. The van der Waals surface area contributed by atoms with E-state index in [-0.39, 0.29) is 13.1 Å². The van der Waals surface area contributed by atoms with Crippen LogP contribution in [0.1, 0.15) is 41.2 Å². The Morgan fingerprint density at radius 3 is 2.30 bits per heavy atom. The van der Waals surface area contributed by atoms with Gasteiger partial charge in [0.1, 0.15) is 0 Å². The summed E-state index contributed by atoms with van der Waals surface area (Å²) in [5.74, 6) is -0.801. The van der Waals surface area contributed by atoms with Gasteiger partial charge in [-0.1, -0.05) is 44.2 Å². The fourth-order valence-electron chi connectivity index (χ4n) is 4.23. The number of nitrogens with zero attached hydrogens (tertiary/aromatic N) is 2. The molecule has 0 unspecified atom stereocenters. The largest absolute Gasteiger partial charge is 0.465 e. The van der Waals surface area contributed by atoms with Gasteiger partial charge in [-0.15, -0.1) is 11.3 Å². The summed E-state index contributed by atoms with van der Waals surface area (Å²) in [6.07, 6.45) is -1.11. The number of rotatable bonds is 9. The molecule has 206 valence electrons. The van der Waals surface area contributed by atoms with Gasteiger partial charge in [-0.05, 0) is 60.9 Å². The predicted octanol–water partition coefficient (Wildman–Crippen LogP) is 5.40. The van der Waals surface area contributed by atoms with Crippen molar-refractivity contribution in [1.29, 1.82) is 0 Å². The molecule has 4 N–H and O–H groups in total. The molecule has 0 aliphatic rings. The van der Waals surface area contributed by atoms with Crippen LogP contribution in [0.15, 0.2) is 66.0 Å². The van der Waals surface area contributed by atoms with Gasteiger partial charge in [0.2, 0.25) is 5.91 Å². The van der Waals surface area contributed by atoms with Crippen molar-refractivity contribution < 1.29 is 19.5 Å². The van der Waals surface area contributed by atoms with Gasteiger partial charge in [0.15, 0.2) is 5.13 Å². The molecule has 0 aliphatic carbocycles. The van der Waals surface area contributed by atoms with Gasteiger partial charge in [0, 0.05) is 39.9 Å². The van der Waals surface area contributed by atoms with Gasteiger partial charge in [-0.2, -0.15) is 0 Å². The van der Waals surface area contributed by atoms with Gasteiger partial charge in [0.05, 0.1) is 12.2 Å². The molecule has 0 saturated carbocycles. The van der Waals surface area contributed by atoms with Crippen LogP contribution in [-0.2, 0) is 10.2 Å². The Morgan fingerprint density at radius 1 is 0.875 bits per heavy atom. The zero-order valence-corrected chi connectivity index (χ0v) is 23.6. The van der Waals surface area contributed by atoms with Crippen LogP contribution in [0.5, 0.6) is 0 Å². The molecule has 4 aromatic rings. The molecule has 0 fully saturated rings. The summed E-state index contributed by atoms with van der Waals surface area (Å²) in [5, 5.41) is 19.0. The standard InChI is InChI=1S/C30H31N5O4S/c1-18-11-23(12-19(2)33-18)20-7-5-8-21(13-20)25-16-40-28(34-25)35-26(36)15-31-27(37)22-9-6-10-24(14-22)30(3,4)17-32-29(38)39/h5-14,16,32H,15,17H2,1-4H3,(H,31,37)(H,38,39)(H,34,35,36). The van der Waals surface area contributed by atoms with E-state index in [2.05, 4.69) is 32.0 Å². The monoisotopic (exact) mass is 557 g/mol. The summed E-state index contributed by atoms with van der Waals surface area (Å²) in [5.41, 5.74) is 6.37. The highest BCUT2D eigenvalue weighted by atomic mass is 32.1. The average Bonchev–Trinajstić information content (AvgIpc) is 3.38. The zero-order chi connectivity index (χ0) is 28.9. The first-order valence-electron chi connectivity index (χ1n) is 12.7. The number of pyridine rings is 1. The summed E-state index contributed by atoms with van der Waals surface area (Å²) in [7, 11) is 0. The van der Waals surface area contributed by atoms with Crippen LogP contribution in [-0.4, -0.2) is 46.1 Å². The average molecular weight is 558 g/mol. The van der Waals surface area contributed by atoms with Crippen molar-refractivity contribution >= 4 is 34.4 Å². The van der Waals surface area contributed by atoms with E-state index in [1.165, 1.54) is 11.3 Å². The normalized spacial score (nSPS) is 11.1. The number of aryl methyl sites for hydroxylation is 2. The highest BCUT2D eigenvalue weighted by Crippen LogP contribution is 2.29. The molecule has 9 nitrogen and oxygen atoms in total. The van der Waals surface area contributed by atoms with Gasteiger partial charge < -0.3 is 21.1 Å². The quantitative estimate of drug-likeness (QED) is 0.218. The molecule has 4 rings (SSSR count). The van der Waals surface area contributed by atoms with Gasteiger partial charge in [-0.25, -0.2) is 9.78 Å². The molecular weight excluding hydrogens is 526 g/mol. The zero-order valence-electron chi connectivity index (χ0n) is 22.7. The minimum Gasteiger partial charge on any atom is -0.465 e. The second-order valence-corrected chi connectivity index (χ2v) is 11.0. The maximum atomic E-state index is 12.7. The first kappa shape index (κ1) is 28.4. The topological polar surface area (TPSA) is 133 Å². The Hall–Kier alpha value is -4.57. The van der Waals surface area contributed by atoms with Crippen molar-refractivity contribution in [3.63, 3.8) is 0 Å². The van der Waals surface area contributed by atoms with Crippen LogP contribution >= 0.6 is 11.3 Å². The summed E-state index contributed by atoms with van der Waals surface area (Å²) in [4.78, 5) is 45.1. The Kier molecular flexibility index (Phi) is 8.59.